The van der Waals surface area contributed by atoms with E-state index >= 15 is 0 Å². The van der Waals surface area contributed by atoms with Crippen molar-refractivity contribution in [3.8, 4) is 5.75 Å². The molecule has 2 N–H and O–H groups in total. The van der Waals surface area contributed by atoms with E-state index in [1.807, 2.05) is 39.0 Å². The zero-order chi connectivity index (χ0) is 16.8. The van der Waals surface area contributed by atoms with Crippen molar-refractivity contribution in [1.82, 2.24) is 5.32 Å². The fraction of sp³-hybridized carbons (Fsp3) is 0.529. The number of carbonyl (C=O) groups is 2. The van der Waals surface area contributed by atoms with Crippen LogP contribution in [0.25, 0.3) is 0 Å². The van der Waals surface area contributed by atoms with Gasteiger partial charge in [0.2, 0.25) is 5.91 Å². The van der Waals surface area contributed by atoms with Gasteiger partial charge < -0.3 is 15.2 Å². The van der Waals surface area contributed by atoms with Crippen LogP contribution in [0.4, 0.5) is 0 Å². The van der Waals surface area contributed by atoms with E-state index in [2.05, 4.69) is 5.32 Å². The van der Waals surface area contributed by atoms with Gasteiger partial charge in [0.25, 0.3) is 0 Å². The lowest BCUT2D eigenvalue weighted by Crippen LogP contribution is -2.42. The predicted molar refractivity (Wildman–Crippen MR) is 85.1 cm³/mol. The largest absolute Gasteiger partial charge is 0.496 e. The molecule has 122 valence electrons. The Morgan fingerprint density at radius 2 is 1.91 bits per heavy atom. The predicted octanol–water partition coefficient (Wildman–Crippen LogP) is 2.55. The number of aliphatic carboxylic acids is 1. The molecule has 1 rings (SSSR count). The Morgan fingerprint density at radius 1 is 1.27 bits per heavy atom. The number of benzene rings is 1. The summed E-state index contributed by atoms with van der Waals surface area (Å²) in [6.07, 6.45) is 1.18. The molecule has 0 aliphatic rings. The third-order valence-electron chi connectivity index (χ3n) is 4.27. The maximum absolute atomic E-state index is 12.1. The van der Waals surface area contributed by atoms with Crippen LogP contribution in [0.1, 0.15) is 37.8 Å². The Balaban J connectivity index is 2.69. The Kier molecular flexibility index (Phi) is 6.40. The van der Waals surface area contributed by atoms with Crippen molar-refractivity contribution in [2.24, 2.45) is 5.41 Å². The summed E-state index contributed by atoms with van der Waals surface area (Å²) >= 11 is 0. The van der Waals surface area contributed by atoms with Crippen molar-refractivity contribution in [3.05, 3.63) is 29.3 Å². The molecule has 0 spiro atoms. The Morgan fingerprint density at radius 3 is 2.41 bits per heavy atom. The average molecular weight is 307 g/mol. The summed E-state index contributed by atoms with van der Waals surface area (Å²) in [6.45, 7) is 5.74. The lowest BCUT2D eigenvalue weighted by molar-refractivity contribution is -0.149. The standard InChI is InChI=1S/C17H25NO4/c1-5-17(6-2,16(20)21)11-18-15(19)10-13-8-7-12(3)14(9-13)22-4/h7-9H,5-6,10-11H2,1-4H3,(H,18,19)(H,20,21). The third kappa shape index (κ3) is 4.23. The van der Waals surface area contributed by atoms with Gasteiger partial charge in [-0.3, -0.25) is 9.59 Å². The number of carbonyl (C=O) groups excluding carboxylic acids is 1. The fourth-order valence-corrected chi connectivity index (χ4v) is 2.37. The molecule has 0 heterocycles. The van der Waals surface area contributed by atoms with Gasteiger partial charge in [0.15, 0.2) is 0 Å². The number of ether oxygens (including phenoxy) is 1. The van der Waals surface area contributed by atoms with E-state index in [1.54, 1.807) is 7.11 Å². The second-order valence-corrected chi connectivity index (χ2v) is 5.55. The van der Waals surface area contributed by atoms with Crippen LogP contribution in [0.2, 0.25) is 0 Å². The fourth-order valence-electron chi connectivity index (χ4n) is 2.37. The van der Waals surface area contributed by atoms with Gasteiger partial charge in [0, 0.05) is 6.54 Å². The van der Waals surface area contributed by atoms with E-state index in [0.29, 0.717) is 12.8 Å². The highest BCUT2D eigenvalue weighted by atomic mass is 16.5. The molecule has 0 aliphatic heterocycles. The molecule has 0 fully saturated rings. The lowest BCUT2D eigenvalue weighted by Gasteiger charge is -2.26. The summed E-state index contributed by atoms with van der Waals surface area (Å²) in [4.78, 5) is 23.5. The summed E-state index contributed by atoms with van der Waals surface area (Å²) in [5, 5.41) is 12.1. The highest BCUT2D eigenvalue weighted by Gasteiger charge is 2.35. The van der Waals surface area contributed by atoms with Crippen molar-refractivity contribution in [3.63, 3.8) is 0 Å². The number of methoxy groups -OCH3 is 1. The minimum absolute atomic E-state index is 0.150. The number of nitrogens with one attached hydrogen (secondary N) is 1. The van der Waals surface area contributed by atoms with E-state index in [-0.39, 0.29) is 18.9 Å². The molecule has 1 aromatic rings. The van der Waals surface area contributed by atoms with E-state index in [1.165, 1.54) is 0 Å². The second kappa shape index (κ2) is 7.82. The van der Waals surface area contributed by atoms with E-state index in [4.69, 9.17) is 4.74 Å². The molecule has 0 aromatic heterocycles. The van der Waals surface area contributed by atoms with Gasteiger partial charge in [0.05, 0.1) is 18.9 Å². The summed E-state index contributed by atoms with van der Waals surface area (Å²) in [7, 11) is 1.59. The van der Waals surface area contributed by atoms with Crippen LogP contribution in [-0.4, -0.2) is 30.6 Å². The van der Waals surface area contributed by atoms with Gasteiger partial charge in [-0.15, -0.1) is 0 Å². The molecular formula is C17H25NO4. The number of rotatable bonds is 8. The van der Waals surface area contributed by atoms with Crippen molar-refractivity contribution < 1.29 is 19.4 Å². The lowest BCUT2D eigenvalue weighted by atomic mass is 9.82. The molecule has 0 unspecified atom stereocenters. The molecule has 5 heteroatoms. The van der Waals surface area contributed by atoms with Crippen LogP contribution in [-0.2, 0) is 16.0 Å². The van der Waals surface area contributed by atoms with Crippen LogP contribution in [0, 0.1) is 12.3 Å². The first-order valence-corrected chi connectivity index (χ1v) is 7.52. The smallest absolute Gasteiger partial charge is 0.311 e. The molecule has 0 atom stereocenters. The zero-order valence-electron chi connectivity index (χ0n) is 13.7. The number of hydrogen-bond acceptors (Lipinski definition) is 3. The first kappa shape index (κ1) is 18.0. The van der Waals surface area contributed by atoms with E-state index in [0.717, 1.165) is 16.9 Å². The van der Waals surface area contributed by atoms with Crippen LogP contribution < -0.4 is 10.1 Å². The molecular weight excluding hydrogens is 282 g/mol. The first-order chi connectivity index (χ1) is 10.4. The number of carboxylic acids is 1. The molecule has 0 radical (unpaired) electrons. The van der Waals surface area contributed by atoms with Gasteiger partial charge >= 0.3 is 5.97 Å². The molecule has 0 aliphatic carbocycles. The number of carboxylic acid groups (broad SMARTS) is 1. The zero-order valence-corrected chi connectivity index (χ0v) is 13.7. The monoisotopic (exact) mass is 307 g/mol. The number of amides is 1. The topological polar surface area (TPSA) is 75.6 Å². The summed E-state index contributed by atoms with van der Waals surface area (Å²) in [5.41, 5.74) is 0.961. The van der Waals surface area contributed by atoms with Crippen LogP contribution >= 0.6 is 0 Å². The molecule has 22 heavy (non-hydrogen) atoms. The van der Waals surface area contributed by atoms with Gasteiger partial charge in [0.1, 0.15) is 5.75 Å². The Labute approximate surface area is 131 Å². The van der Waals surface area contributed by atoms with Crippen molar-refractivity contribution >= 4 is 11.9 Å². The summed E-state index contributed by atoms with van der Waals surface area (Å²) < 4.78 is 5.24. The minimum atomic E-state index is -0.888. The number of aryl methyl sites for hydroxylation is 1. The molecule has 1 amide bonds. The van der Waals surface area contributed by atoms with Gasteiger partial charge in [-0.05, 0) is 37.0 Å². The van der Waals surface area contributed by atoms with E-state index < -0.39 is 11.4 Å². The van der Waals surface area contributed by atoms with Crippen LogP contribution in [0.3, 0.4) is 0 Å². The van der Waals surface area contributed by atoms with Gasteiger partial charge in [-0.2, -0.15) is 0 Å². The maximum atomic E-state index is 12.1. The molecule has 0 saturated heterocycles. The quantitative estimate of drug-likeness (QED) is 0.774. The highest BCUT2D eigenvalue weighted by molar-refractivity contribution is 5.80. The van der Waals surface area contributed by atoms with Gasteiger partial charge in [-0.25, -0.2) is 0 Å². The summed E-state index contributed by atoms with van der Waals surface area (Å²) in [5.74, 6) is -0.305. The van der Waals surface area contributed by atoms with Crippen molar-refractivity contribution in [1.29, 1.82) is 0 Å². The normalized spacial score (nSPS) is 11.1. The SMILES string of the molecule is CCC(CC)(CNC(=O)Cc1ccc(C)c(OC)c1)C(=O)O. The molecule has 0 bridgehead atoms. The third-order valence-corrected chi connectivity index (χ3v) is 4.27. The first-order valence-electron chi connectivity index (χ1n) is 7.52. The molecule has 5 nitrogen and oxygen atoms in total. The Bertz CT molecular complexity index is 535. The van der Waals surface area contributed by atoms with Crippen LogP contribution in [0.5, 0.6) is 5.75 Å². The average Bonchev–Trinajstić information content (AvgIpc) is 2.50. The second-order valence-electron chi connectivity index (χ2n) is 5.55. The number of hydrogen-bond donors (Lipinski definition) is 2. The molecule has 0 saturated carbocycles. The van der Waals surface area contributed by atoms with Crippen molar-refractivity contribution in [2.75, 3.05) is 13.7 Å². The summed E-state index contributed by atoms with van der Waals surface area (Å²) in [6, 6.07) is 5.61. The van der Waals surface area contributed by atoms with Gasteiger partial charge in [-0.1, -0.05) is 26.0 Å². The highest BCUT2D eigenvalue weighted by Crippen LogP contribution is 2.25. The maximum Gasteiger partial charge on any atom is 0.311 e. The van der Waals surface area contributed by atoms with E-state index in [9.17, 15) is 14.7 Å². The minimum Gasteiger partial charge on any atom is -0.496 e. The molecule has 1 aromatic carbocycles. The Hall–Kier alpha value is -2.04. The van der Waals surface area contributed by atoms with Crippen LogP contribution in [0.15, 0.2) is 18.2 Å². The van der Waals surface area contributed by atoms with Crippen molar-refractivity contribution in [2.45, 2.75) is 40.0 Å².